The lowest BCUT2D eigenvalue weighted by Crippen LogP contribution is -2.07. The monoisotopic (exact) mass is 309 g/mol. The maximum atomic E-state index is 13.9. The summed E-state index contributed by atoms with van der Waals surface area (Å²) >= 11 is 0. The Morgan fingerprint density at radius 3 is 2.29 bits per heavy atom. The van der Waals surface area contributed by atoms with Crippen LogP contribution in [-0.2, 0) is 9.84 Å². The second kappa shape index (κ2) is 5.83. The molecule has 0 aromatic heterocycles. The molecule has 0 radical (unpaired) electrons. The van der Waals surface area contributed by atoms with Crippen molar-refractivity contribution in [3.8, 4) is 11.5 Å². The van der Waals surface area contributed by atoms with Gasteiger partial charge in [0.1, 0.15) is 5.75 Å². The highest BCUT2D eigenvalue weighted by atomic mass is 32.2. The van der Waals surface area contributed by atoms with Crippen molar-refractivity contribution in [1.29, 1.82) is 0 Å². The Morgan fingerprint density at radius 1 is 1.14 bits per heavy atom. The van der Waals surface area contributed by atoms with E-state index in [1.165, 1.54) is 30.3 Å². The van der Waals surface area contributed by atoms with Gasteiger partial charge in [0.2, 0.25) is 0 Å². The third kappa shape index (κ3) is 3.59. The molecule has 0 aliphatic rings. The van der Waals surface area contributed by atoms with E-state index in [1.807, 2.05) is 0 Å². The zero-order valence-electron chi connectivity index (χ0n) is 11.7. The molecular formula is C15H16FNO3S. The molecule has 0 saturated heterocycles. The van der Waals surface area contributed by atoms with Crippen LogP contribution < -0.4 is 10.5 Å². The van der Waals surface area contributed by atoms with Crippen LogP contribution in [0.5, 0.6) is 11.5 Å². The average Bonchev–Trinajstić information content (AvgIpc) is 2.40. The summed E-state index contributed by atoms with van der Waals surface area (Å²) in [6.45, 7) is 1.73. The fourth-order valence-corrected chi connectivity index (χ4v) is 2.49. The van der Waals surface area contributed by atoms with Crippen LogP contribution in [0.1, 0.15) is 18.5 Å². The largest absolute Gasteiger partial charge is 0.454 e. The van der Waals surface area contributed by atoms with E-state index in [1.54, 1.807) is 19.1 Å². The van der Waals surface area contributed by atoms with Crippen molar-refractivity contribution in [2.45, 2.75) is 17.9 Å². The first-order valence-electron chi connectivity index (χ1n) is 6.31. The minimum Gasteiger partial charge on any atom is -0.454 e. The molecule has 21 heavy (non-hydrogen) atoms. The van der Waals surface area contributed by atoms with Crippen LogP contribution >= 0.6 is 0 Å². The molecule has 112 valence electrons. The summed E-state index contributed by atoms with van der Waals surface area (Å²) < 4.78 is 42.2. The maximum Gasteiger partial charge on any atom is 0.175 e. The Bertz CT molecular complexity index is 740. The number of sulfone groups is 1. The van der Waals surface area contributed by atoms with Crippen molar-refractivity contribution in [1.82, 2.24) is 0 Å². The number of ether oxygens (including phenoxy) is 1. The number of para-hydroxylation sites is 1. The van der Waals surface area contributed by atoms with Crippen LogP contribution in [-0.4, -0.2) is 14.7 Å². The minimum atomic E-state index is -3.27. The highest BCUT2D eigenvalue weighted by molar-refractivity contribution is 7.90. The van der Waals surface area contributed by atoms with Gasteiger partial charge in [-0.1, -0.05) is 12.1 Å². The highest BCUT2D eigenvalue weighted by Gasteiger charge is 2.14. The van der Waals surface area contributed by atoms with Crippen molar-refractivity contribution >= 4 is 9.84 Å². The molecule has 4 nitrogen and oxygen atoms in total. The Labute approximate surface area is 123 Å². The predicted octanol–water partition coefficient (Wildman–Crippen LogP) is 3.04. The fraction of sp³-hybridized carbons (Fsp3) is 0.200. The molecule has 2 aromatic rings. The van der Waals surface area contributed by atoms with Gasteiger partial charge in [0.25, 0.3) is 0 Å². The smallest absolute Gasteiger partial charge is 0.175 e. The molecular weight excluding hydrogens is 293 g/mol. The van der Waals surface area contributed by atoms with Gasteiger partial charge in [-0.3, -0.25) is 0 Å². The summed E-state index contributed by atoms with van der Waals surface area (Å²) in [5.41, 5.74) is 6.34. The SMILES string of the molecule is C[C@@H](N)c1cccc(F)c1Oc1ccc(S(C)(=O)=O)cc1. The third-order valence-electron chi connectivity index (χ3n) is 2.96. The molecule has 0 unspecified atom stereocenters. The van der Waals surface area contributed by atoms with Gasteiger partial charge in [-0.15, -0.1) is 0 Å². The first-order valence-corrected chi connectivity index (χ1v) is 8.20. The molecule has 6 heteroatoms. The summed E-state index contributed by atoms with van der Waals surface area (Å²) in [5.74, 6) is -0.119. The quantitative estimate of drug-likeness (QED) is 0.942. The summed E-state index contributed by atoms with van der Waals surface area (Å²) in [4.78, 5) is 0.177. The van der Waals surface area contributed by atoms with E-state index >= 15 is 0 Å². The summed E-state index contributed by atoms with van der Waals surface area (Å²) in [7, 11) is -3.27. The molecule has 0 amide bonds. The zero-order chi connectivity index (χ0) is 15.6. The molecule has 0 bridgehead atoms. The molecule has 0 heterocycles. The summed E-state index contributed by atoms with van der Waals surface area (Å²) in [6.07, 6.45) is 1.12. The van der Waals surface area contributed by atoms with Gasteiger partial charge >= 0.3 is 0 Å². The molecule has 2 aromatic carbocycles. The first-order chi connectivity index (χ1) is 9.79. The average molecular weight is 309 g/mol. The third-order valence-corrected chi connectivity index (χ3v) is 4.09. The number of hydrogen-bond acceptors (Lipinski definition) is 4. The van der Waals surface area contributed by atoms with Crippen molar-refractivity contribution in [3.63, 3.8) is 0 Å². The summed E-state index contributed by atoms with van der Waals surface area (Å²) in [5, 5.41) is 0. The molecule has 0 saturated carbocycles. The van der Waals surface area contributed by atoms with Crippen LogP contribution in [0.4, 0.5) is 4.39 Å². The topological polar surface area (TPSA) is 69.4 Å². The van der Waals surface area contributed by atoms with E-state index < -0.39 is 15.7 Å². The van der Waals surface area contributed by atoms with E-state index in [0.717, 1.165) is 6.26 Å². The van der Waals surface area contributed by atoms with Gasteiger partial charge in [-0.25, -0.2) is 12.8 Å². The van der Waals surface area contributed by atoms with Crippen molar-refractivity contribution < 1.29 is 17.5 Å². The number of hydrogen-bond donors (Lipinski definition) is 1. The van der Waals surface area contributed by atoms with Crippen molar-refractivity contribution in [2.75, 3.05) is 6.26 Å². The van der Waals surface area contributed by atoms with E-state index in [2.05, 4.69) is 0 Å². The van der Waals surface area contributed by atoms with Gasteiger partial charge < -0.3 is 10.5 Å². The van der Waals surface area contributed by atoms with Crippen LogP contribution in [0, 0.1) is 5.82 Å². The Hall–Kier alpha value is -1.92. The Morgan fingerprint density at radius 2 is 1.76 bits per heavy atom. The second-order valence-corrected chi connectivity index (χ2v) is 6.81. The lowest BCUT2D eigenvalue weighted by Gasteiger charge is -2.14. The molecule has 2 rings (SSSR count). The lowest BCUT2D eigenvalue weighted by molar-refractivity contribution is 0.432. The lowest BCUT2D eigenvalue weighted by atomic mass is 10.1. The fourth-order valence-electron chi connectivity index (χ4n) is 1.86. The number of rotatable bonds is 4. The maximum absolute atomic E-state index is 13.9. The zero-order valence-corrected chi connectivity index (χ0v) is 12.5. The van der Waals surface area contributed by atoms with E-state index in [9.17, 15) is 12.8 Å². The Balaban J connectivity index is 2.35. The van der Waals surface area contributed by atoms with Crippen molar-refractivity contribution in [2.24, 2.45) is 5.73 Å². The van der Waals surface area contributed by atoms with Crippen LogP contribution in [0.15, 0.2) is 47.4 Å². The van der Waals surface area contributed by atoms with Gasteiger partial charge in [-0.2, -0.15) is 0 Å². The predicted molar refractivity (Wildman–Crippen MR) is 78.6 cm³/mol. The number of halogens is 1. The highest BCUT2D eigenvalue weighted by Crippen LogP contribution is 2.31. The van der Waals surface area contributed by atoms with Crippen LogP contribution in [0.3, 0.4) is 0 Å². The van der Waals surface area contributed by atoms with Crippen LogP contribution in [0.25, 0.3) is 0 Å². The first kappa shape index (κ1) is 15.5. The van der Waals surface area contributed by atoms with Gasteiger partial charge in [-0.05, 0) is 37.3 Å². The van der Waals surface area contributed by atoms with E-state index in [-0.39, 0.29) is 16.7 Å². The standard InChI is InChI=1S/C15H16FNO3S/c1-10(17)13-4-3-5-14(16)15(13)20-11-6-8-12(9-7-11)21(2,18)19/h3-10H,17H2,1-2H3/t10-/m1/s1. The second-order valence-electron chi connectivity index (χ2n) is 4.79. The number of nitrogens with two attached hydrogens (primary N) is 1. The molecule has 0 fully saturated rings. The van der Waals surface area contributed by atoms with Gasteiger partial charge in [0.15, 0.2) is 21.4 Å². The summed E-state index contributed by atoms with van der Waals surface area (Å²) in [6, 6.07) is 9.94. The van der Waals surface area contributed by atoms with Crippen molar-refractivity contribution in [3.05, 3.63) is 53.8 Å². The van der Waals surface area contributed by atoms with Gasteiger partial charge in [0, 0.05) is 17.9 Å². The normalized spacial score (nSPS) is 13.0. The van der Waals surface area contributed by atoms with E-state index in [0.29, 0.717) is 11.3 Å². The van der Waals surface area contributed by atoms with Crippen LogP contribution in [0.2, 0.25) is 0 Å². The minimum absolute atomic E-state index is 0.0552. The molecule has 1 atom stereocenters. The van der Waals surface area contributed by atoms with Gasteiger partial charge in [0.05, 0.1) is 4.90 Å². The molecule has 0 aliphatic carbocycles. The molecule has 0 aliphatic heterocycles. The Kier molecular flexibility index (Phi) is 4.29. The van der Waals surface area contributed by atoms with E-state index in [4.69, 9.17) is 10.5 Å². The molecule has 2 N–H and O–H groups in total. The number of benzene rings is 2. The molecule has 0 spiro atoms.